The molecule has 3 nitrogen and oxygen atoms in total. The molecule has 0 saturated carbocycles. The van der Waals surface area contributed by atoms with Crippen LogP contribution in [0.2, 0.25) is 0 Å². The van der Waals surface area contributed by atoms with E-state index in [4.69, 9.17) is 4.98 Å². The summed E-state index contributed by atoms with van der Waals surface area (Å²) in [4.78, 5) is 6.05. The molecule has 2 atom stereocenters. The Morgan fingerprint density at radius 2 is 1.85 bits per heavy atom. The highest BCUT2D eigenvalue weighted by Gasteiger charge is 2.24. The summed E-state index contributed by atoms with van der Waals surface area (Å²) < 4.78 is 0. The molecule has 0 aromatic carbocycles. The predicted molar refractivity (Wildman–Crippen MR) is 87.4 cm³/mol. The average Bonchev–Trinajstić information content (AvgIpc) is 2.70. The van der Waals surface area contributed by atoms with Crippen molar-refractivity contribution in [3.8, 4) is 0 Å². The van der Waals surface area contributed by atoms with Crippen molar-refractivity contribution in [2.24, 2.45) is 5.92 Å². The molecule has 1 rings (SSSR count). The van der Waals surface area contributed by atoms with E-state index in [0.29, 0.717) is 12.0 Å². The summed E-state index contributed by atoms with van der Waals surface area (Å²) in [5.41, 5.74) is 1.24. The van der Waals surface area contributed by atoms with Crippen LogP contribution in [0.1, 0.15) is 69.6 Å². The van der Waals surface area contributed by atoms with Crippen LogP contribution in [-0.4, -0.2) is 22.7 Å². The normalized spacial score (nSPS) is 15.7. The summed E-state index contributed by atoms with van der Waals surface area (Å²) in [6, 6.07) is 0.622. The molecule has 0 aliphatic carbocycles. The lowest BCUT2D eigenvalue weighted by Gasteiger charge is -2.25. The van der Waals surface area contributed by atoms with Crippen LogP contribution < -0.4 is 5.32 Å². The third-order valence-electron chi connectivity index (χ3n) is 3.58. The van der Waals surface area contributed by atoms with Gasteiger partial charge in [0.15, 0.2) is 0 Å². The minimum atomic E-state index is 0.107. The maximum absolute atomic E-state index is 9.18. The van der Waals surface area contributed by atoms with E-state index < -0.39 is 0 Å². The van der Waals surface area contributed by atoms with Crippen molar-refractivity contribution < 1.29 is 5.11 Å². The number of aliphatic hydroxyl groups is 1. The van der Waals surface area contributed by atoms with Crippen LogP contribution in [0.25, 0.3) is 0 Å². The molecule has 0 radical (unpaired) electrons. The van der Waals surface area contributed by atoms with Crippen molar-refractivity contribution in [3.05, 3.63) is 15.6 Å². The summed E-state index contributed by atoms with van der Waals surface area (Å²) in [5, 5.41) is 14.0. The highest BCUT2D eigenvalue weighted by molar-refractivity contribution is 7.12. The topological polar surface area (TPSA) is 45.2 Å². The first-order chi connectivity index (χ1) is 9.16. The van der Waals surface area contributed by atoms with Gasteiger partial charge >= 0.3 is 0 Å². The molecular weight excluding hydrogens is 268 g/mol. The van der Waals surface area contributed by atoms with Crippen LogP contribution in [0.4, 0.5) is 0 Å². The molecule has 0 aliphatic heterocycles. The van der Waals surface area contributed by atoms with E-state index in [1.165, 1.54) is 9.88 Å². The Kier molecular flexibility index (Phi) is 6.17. The minimum absolute atomic E-state index is 0.107. The van der Waals surface area contributed by atoms with Gasteiger partial charge in [0.25, 0.3) is 0 Å². The fourth-order valence-corrected chi connectivity index (χ4v) is 3.41. The molecule has 2 N–H and O–H groups in total. The molecule has 2 unspecified atom stereocenters. The van der Waals surface area contributed by atoms with E-state index in [-0.39, 0.29) is 18.1 Å². The fourth-order valence-electron chi connectivity index (χ4n) is 2.28. The van der Waals surface area contributed by atoms with Crippen LogP contribution in [0.15, 0.2) is 0 Å². The summed E-state index contributed by atoms with van der Waals surface area (Å²) >= 11 is 1.81. The number of hydrogen-bond acceptors (Lipinski definition) is 4. The van der Waals surface area contributed by atoms with Gasteiger partial charge in [-0.3, -0.25) is 0 Å². The zero-order valence-electron chi connectivity index (χ0n) is 13.9. The summed E-state index contributed by atoms with van der Waals surface area (Å²) in [6.45, 7) is 15.5. The third kappa shape index (κ3) is 4.54. The monoisotopic (exact) mass is 298 g/mol. The molecule has 1 aromatic heterocycles. The van der Waals surface area contributed by atoms with E-state index in [0.717, 1.165) is 12.1 Å². The highest BCUT2D eigenvalue weighted by atomic mass is 32.1. The van der Waals surface area contributed by atoms with E-state index in [1.807, 2.05) is 11.3 Å². The van der Waals surface area contributed by atoms with Gasteiger partial charge in [-0.15, -0.1) is 11.3 Å². The van der Waals surface area contributed by atoms with Gasteiger partial charge in [-0.25, -0.2) is 4.98 Å². The maximum atomic E-state index is 9.18. The van der Waals surface area contributed by atoms with Gasteiger partial charge in [-0.2, -0.15) is 0 Å². The third-order valence-corrected chi connectivity index (χ3v) is 5.34. The first-order valence-electron chi connectivity index (χ1n) is 7.51. The Morgan fingerprint density at radius 3 is 2.25 bits per heavy atom. The molecule has 4 heteroatoms. The van der Waals surface area contributed by atoms with E-state index in [2.05, 4.69) is 53.8 Å². The Morgan fingerprint density at radius 1 is 1.25 bits per heavy atom. The largest absolute Gasteiger partial charge is 0.396 e. The molecule has 0 fully saturated rings. The number of hydrogen-bond donors (Lipinski definition) is 2. The van der Waals surface area contributed by atoms with Crippen molar-refractivity contribution >= 4 is 11.3 Å². The molecule has 0 amide bonds. The molecule has 0 spiro atoms. The zero-order chi connectivity index (χ0) is 15.5. The molecule has 116 valence electrons. The summed E-state index contributed by atoms with van der Waals surface area (Å²) in [5.74, 6) is 0.514. The molecular formula is C16H30N2OS. The van der Waals surface area contributed by atoms with Crippen molar-refractivity contribution in [1.82, 2.24) is 10.3 Å². The second-order valence-corrected chi connectivity index (χ2v) is 8.00. The molecule has 20 heavy (non-hydrogen) atoms. The summed E-state index contributed by atoms with van der Waals surface area (Å²) in [7, 11) is 0. The second kappa shape index (κ2) is 7.01. The number of aromatic nitrogens is 1. The number of aliphatic hydroxyl groups excluding tert-OH is 1. The van der Waals surface area contributed by atoms with Crippen molar-refractivity contribution in [2.45, 2.75) is 72.4 Å². The van der Waals surface area contributed by atoms with Crippen LogP contribution in [-0.2, 0) is 5.41 Å². The van der Waals surface area contributed by atoms with Gasteiger partial charge in [0.2, 0.25) is 0 Å². The number of nitrogens with one attached hydrogen (secondary N) is 1. The molecule has 0 aliphatic rings. The van der Waals surface area contributed by atoms with Gasteiger partial charge in [0.1, 0.15) is 0 Å². The van der Waals surface area contributed by atoms with Crippen LogP contribution in [0, 0.1) is 12.8 Å². The van der Waals surface area contributed by atoms with Crippen molar-refractivity contribution in [1.29, 1.82) is 0 Å². The number of aryl methyl sites for hydroxylation is 1. The number of nitrogens with zero attached hydrogens (tertiary/aromatic N) is 1. The lowest BCUT2D eigenvalue weighted by molar-refractivity contribution is 0.237. The quantitative estimate of drug-likeness (QED) is 0.839. The van der Waals surface area contributed by atoms with E-state index in [1.54, 1.807) is 0 Å². The van der Waals surface area contributed by atoms with E-state index >= 15 is 0 Å². The second-order valence-electron chi connectivity index (χ2n) is 6.97. The average molecular weight is 298 g/mol. The lowest BCUT2D eigenvalue weighted by Crippen LogP contribution is -2.36. The lowest BCUT2D eigenvalue weighted by atomic mass is 9.98. The number of rotatable bonds is 6. The highest BCUT2D eigenvalue weighted by Crippen LogP contribution is 2.32. The van der Waals surface area contributed by atoms with Crippen molar-refractivity contribution in [3.63, 3.8) is 0 Å². The van der Waals surface area contributed by atoms with Gasteiger partial charge < -0.3 is 10.4 Å². The Balaban J connectivity index is 2.86. The first kappa shape index (κ1) is 17.6. The molecule has 1 aromatic rings. The van der Waals surface area contributed by atoms with Gasteiger partial charge in [-0.1, -0.05) is 34.6 Å². The van der Waals surface area contributed by atoms with Gasteiger partial charge in [0.05, 0.1) is 10.7 Å². The Labute approximate surface area is 127 Å². The molecule has 0 bridgehead atoms. The molecule has 1 heterocycles. The predicted octanol–water partition coefficient (Wildman–Crippen LogP) is 3.81. The number of thiazole rings is 1. The zero-order valence-corrected chi connectivity index (χ0v) is 14.8. The van der Waals surface area contributed by atoms with Crippen molar-refractivity contribution in [2.75, 3.05) is 6.61 Å². The minimum Gasteiger partial charge on any atom is -0.396 e. The van der Waals surface area contributed by atoms with Crippen LogP contribution in [0.5, 0.6) is 0 Å². The smallest absolute Gasteiger partial charge is 0.0985 e. The van der Waals surface area contributed by atoms with Gasteiger partial charge in [0, 0.05) is 29.0 Å². The Hall–Kier alpha value is -0.450. The standard InChI is InChI=1S/C16H30N2OS/c1-10(2)13(8-9-19)17-11(3)14-12(4)18-15(20-14)16(5,6)7/h10-11,13,17,19H,8-9H2,1-7H3. The summed E-state index contributed by atoms with van der Waals surface area (Å²) in [6.07, 6.45) is 0.798. The van der Waals surface area contributed by atoms with Gasteiger partial charge in [-0.05, 0) is 26.2 Å². The van der Waals surface area contributed by atoms with Crippen LogP contribution in [0.3, 0.4) is 0 Å². The fraction of sp³-hybridized carbons (Fsp3) is 0.812. The first-order valence-corrected chi connectivity index (χ1v) is 8.33. The maximum Gasteiger partial charge on any atom is 0.0985 e. The van der Waals surface area contributed by atoms with E-state index in [9.17, 15) is 5.11 Å². The Bertz CT molecular complexity index is 421. The molecule has 0 saturated heterocycles. The SMILES string of the molecule is Cc1nc(C(C)(C)C)sc1C(C)NC(CCO)C(C)C. The van der Waals surface area contributed by atoms with Crippen LogP contribution >= 0.6 is 11.3 Å².